The van der Waals surface area contributed by atoms with Crippen molar-refractivity contribution in [3.63, 3.8) is 0 Å². The average molecular weight is 240 g/mol. The van der Waals surface area contributed by atoms with Crippen LogP contribution in [0.5, 0.6) is 0 Å². The van der Waals surface area contributed by atoms with Crippen molar-refractivity contribution in [2.45, 2.75) is 40.0 Å². The minimum Gasteiger partial charge on any atom is -0.481 e. The lowest BCUT2D eigenvalue weighted by atomic mass is 9.82. The van der Waals surface area contributed by atoms with Crippen LogP contribution in [0.4, 0.5) is 0 Å². The first-order chi connectivity index (χ1) is 7.79. The second-order valence-electron chi connectivity index (χ2n) is 6.07. The zero-order valence-electron chi connectivity index (χ0n) is 11.4. The largest absolute Gasteiger partial charge is 0.481 e. The summed E-state index contributed by atoms with van der Waals surface area (Å²) in [5.74, 6) is 0.285. The van der Waals surface area contributed by atoms with Crippen molar-refractivity contribution in [3.05, 3.63) is 0 Å². The van der Waals surface area contributed by atoms with Gasteiger partial charge in [-0.1, -0.05) is 20.8 Å². The van der Waals surface area contributed by atoms with E-state index < -0.39 is 5.97 Å². The van der Waals surface area contributed by atoms with Gasteiger partial charge in [-0.15, -0.1) is 0 Å². The molecule has 1 atom stereocenters. The van der Waals surface area contributed by atoms with Crippen molar-refractivity contribution in [2.24, 2.45) is 16.3 Å². The molecule has 1 heterocycles. The molecule has 4 nitrogen and oxygen atoms in total. The summed E-state index contributed by atoms with van der Waals surface area (Å²) < 4.78 is 0. The predicted molar refractivity (Wildman–Crippen MR) is 69.4 cm³/mol. The van der Waals surface area contributed by atoms with Crippen LogP contribution in [-0.2, 0) is 4.79 Å². The zero-order valence-corrected chi connectivity index (χ0v) is 11.4. The van der Waals surface area contributed by atoms with Crippen molar-refractivity contribution in [2.75, 3.05) is 20.1 Å². The highest BCUT2D eigenvalue weighted by Crippen LogP contribution is 2.28. The van der Waals surface area contributed by atoms with Crippen molar-refractivity contribution >= 4 is 11.8 Å². The number of aliphatic carboxylic acids is 1. The molecule has 0 saturated carbocycles. The fourth-order valence-electron chi connectivity index (χ4n) is 2.38. The molecule has 98 valence electrons. The molecule has 0 aromatic heterocycles. The van der Waals surface area contributed by atoms with Gasteiger partial charge in [0.1, 0.15) is 5.84 Å². The summed E-state index contributed by atoms with van der Waals surface area (Å²) in [5, 5.41) is 9.02. The van der Waals surface area contributed by atoms with Crippen LogP contribution >= 0.6 is 0 Å². The maximum Gasteiger partial charge on any atom is 0.304 e. The topological polar surface area (TPSA) is 52.9 Å². The van der Waals surface area contributed by atoms with Gasteiger partial charge in [-0.25, -0.2) is 0 Å². The van der Waals surface area contributed by atoms with Gasteiger partial charge in [0, 0.05) is 26.1 Å². The number of carboxylic acid groups (broad SMARTS) is 1. The first-order valence-corrected chi connectivity index (χ1v) is 6.27. The molecule has 0 fully saturated rings. The average Bonchev–Trinajstić information content (AvgIpc) is 2.14. The summed E-state index contributed by atoms with van der Waals surface area (Å²) in [7, 11) is 2.01. The van der Waals surface area contributed by atoms with Gasteiger partial charge in [0.05, 0.1) is 6.42 Å². The van der Waals surface area contributed by atoms with Gasteiger partial charge in [0.15, 0.2) is 0 Å². The molecule has 1 N–H and O–H groups in total. The van der Waals surface area contributed by atoms with E-state index in [1.165, 1.54) is 0 Å². The first-order valence-electron chi connectivity index (χ1n) is 6.27. The molecule has 1 rings (SSSR count). The van der Waals surface area contributed by atoms with Gasteiger partial charge in [-0.05, 0) is 18.3 Å². The van der Waals surface area contributed by atoms with Gasteiger partial charge < -0.3 is 10.0 Å². The Bertz CT molecular complexity index is 305. The number of nitrogens with zero attached hydrogens (tertiary/aromatic N) is 2. The standard InChI is InChI=1S/C13H24N2O2/c1-13(2,3)9-10(8-11(16)17)12-14-6-5-7-15(12)4/h10H,5-9H2,1-4H3,(H,16,17). The summed E-state index contributed by atoms with van der Waals surface area (Å²) >= 11 is 0. The number of hydrogen-bond donors (Lipinski definition) is 1. The first kappa shape index (κ1) is 14.0. The van der Waals surface area contributed by atoms with E-state index in [1.807, 2.05) is 7.05 Å². The predicted octanol–water partition coefficient (Wildman–Crippen LogP) is 2.25. The van der Waals surface area contributed by atoms with E-state index >= 15 is 0 Å². The molecular formula is C13H24N2O2. The van der Waals surface area contributed by atoms with Crippen LogP contribution in [0.15, 0.2) is 4.99 Å². The Balaban J connectivity index is 2.81. The van der Waals surface area contributed by atoms with Gasteiger partial charge in [-0.3, -0.25) is 9.79 Å². The quantitative estimate of drug-likeness (QED) is 0.820. The second-order valence-corrected chi connectivity index (χ2v) is 6.07. The Kier molecular flexibility index (Phi) is 4.54. The lowest BCUT2D eigenvalue weighted by Gasteiger charge is -2.33. The van der Waals surface area contributed by atoms with Gasteiger partial charge >= 0.3 is 5.97 Å². The van der Waals surface area contributed by atoms with E-state index in [1.54, 1.807) is 0 Å². The summed E-state index contributed by atoms with van der Waals surface area (Å²) in [6.07, 6.45) is 2.11. The third-order valence-corrected chi connectivity index (χ3v) is 2.96. The third kappa shape index (κ3) is 4.75. The molecule has 1 aliphatic rings. The molecule has 0 radical (unpaired) electrons. The Morgan fingerprint density at radius 2 is 2.18 bits per heavy atom. The summed E-state index contributed by atoms with van der Waals surface area (Å²) in [6.45, 7) is 8.25. The maximum absolute atomic E-state index is 11.0. The van der Waals surface area contributed by atoms with Crippen molar-refractivity contribution in [1.82, 2.24) is 4.90 Å². The van der Waals surface area contributed by atoms with Crippen LogP contribution in [0.1, 0.15) is 40.0 Å². The molecule has 0 bridgehead atoms. The fraction of sp³-hybridized carbons (Fsp3) is 0.846. The van der Waals surface area contributed by atoms with E-state index in [2.05, 4.69) is 30.7 Å². The molecule has 0 aliphatic carbocycles. The van der Waals surface area contributed by atoms with E-state index in [0.29, 0.717) is 0 Å². The Labute approximate surface area is 104 Å². The smallest absolute Gasteiger partial charge is 0.304 e. The summed E-state index contributed by atoms with van der Waals surface area (Å²) in [5.41, 5.74) is 0.126. The van der Waals surface area contributed by atoms with E-state index in [4.69, 9.17) is 5.11 Å². The molecule has 1 aliphatic heterocycles. The lowest BCUT2D eigenvalue weighted by Crippen LogP contribution is -2.39. The number of carboxylic acids is 1. The van der Waals surface area contributed by atoms with Gasteiger partial charge in [0.2, 0.25) is 0 Å². The summed E-state index contributed by atoms with van der Waals surface area (Å²) in [6, 6.07) is 0. The Morgan fingerprint density at radius 3 is 2.65 bits per heavy atom. The van der Waals surface area contributed by atoms with Gasteiger partial charge in [0.25, 0.3) is 0 Å². The third-order valence-electron chi connectivity index (χ3n) is 2.96. The van der Waals surface area contributed by atoms with Gasteiger partial charge in [-0.2, -0.15) is 0 Å². The van der Waals surface area contributed by atoms with E-state index in [0.717, 1.165) is 31.8 Å². The molecule has 0 amide bonds. The molecule has 4 heteroatoms. The number of hydrogen-bond acceptors (Lipinski definition) is 3. The zero-order chi connectivity index (χ0) is 13.1. The number of aliphatic imine (C=N–C) groups is 1. The summed E-state index contributed by atoms with van der Waals surface area (Å²) in [4.78, 5) is 17.6. The fourth-order valence-corrected chi connectivity index (χ4v) is 2.38. The van der Waals surface area contributed by atoms with Crippen LogP contribution < -0.4 is 0 Å². The molecule has 0 spiro atoms. The molecule has 1 unspecified atom stereocenters. The second kappa shape index (κ2) is 5.52. The number of rotatable bonds is 4. The molecular weight excluding hydrogens is 216 g/mol. The molecule has 0 aromatic carbocycles. The van der Waals surface area contributed by atoms with Crippen molar-refractivity contribution in [1.29, 1.82) is 0 Å². The van der Waals surface area contributed by atoms with Crippen LogP contribution in [0.25, 0.3) is 0 Å². The normalized spacial score (nSPS) is 18.8. The maximum atomic E-state index is 11.0. The van der Waals surface area contributed by atoms with E-state index in [9.17, 15) is 4.79 Å². The highest BCUT2D eigenvalue weighted by molar-refractivity contribution is 5.88. The van der Waals surface area contributed by atoms with Crippen LogP contribution in [0.3, 0.4) is 0 Å². The molecule has 0 saturated heterocycles. The minimum atomic E-state index is -0.735. The van der Waals surface area contributed by atoms with E-state index in [-0.39, 0.29) is 17.8 Å². The lowest BCUT2D eigenvalue weighted by molar-refractivity contribution is -0.137. The van der Waals surface area contributed by atoms with Crippen LogP contribution in [0.2, 0.25) is 0 Å². The molecule has 0 aromatic rings. The number of carbonyl (C=O) groups is 1. The molecule has 17 heavy (non-hydrogen) atoms. The highest BCUT2D eigenvalue weighted by atomic mass is 16.4. The Hall–Kier alpha value is -1.06. The SMILES string of the molecule is CN1CCCN=C1C(CC(=O)O)CC(C)(C)C. The van der Waals surface area contributed by atoms with Crippen LogP contribution in [0, 0.1) is 11.3 Å². The van der Waals surface area contributed by atoms with Crippen LogP contribution in [-0.4, -0.2) is 41.9 Å². The number of amidine groups is 1. The van der Waals surface area contributed by atoms with Crippen molar-refractivity contribution < 1.29 is 9.90 Å². The minimum absolute atomic E-state index is 0.0396. The highest BCUT2D eigenvalue weighted by Gasteiger charge is 2.28. The van der Waals surface area contributed by atoms with Crippen molar-refractivity contribution in [3.8, 4) is 0 Å². The Morgan fingerprint density at radius 1 is 1.53 bits per heavy atom. The monoisotopic (exact) mass is 240 g/mol.